The number of ether oxygens (including phenoxy) is 2. The van der Waals surface area contributed by atoms with Crippen molar-refractivity contribution in [1.29, 1.82) is 0 Å². The van der Waals surface area contributed by atoms with E-state index in [1.54, 1.807) is 73.8 Å². The third-order valence-corrected chi connectivity index (χ3v) is 4.10. The van der Waals surface area contributed by atoms with Crippen molar-refractivity contribution in [2.45, 2.75) is 0 Å². The fourth-order valence-electron chi connectivity index (χ4n) is 2.60. The Hall–Kier alpha value is -3.80. The van der Waals surface area contributed by atoms with Crippen LogP contribution in [0.2, 0.25) is 0 Å². The SMILES string of the molecule is COc1ccc(OC)c(NC(=O)c2ccc(NC(=O)c3ccccc3)cc2)c1. The average Bonchev–Trinajstić information content (AvgIpc) is 2.74. The molecule has 0 fully saturated rings. The Morgan fingerprint density at radius 2 is 1.36 bits per heavy atom. The first-order chi connectivity index (χ1) is 13.6. The van der Waals surface area contributed by atoms with Crippen molar-refractivity contribution in [1.82, 2.24) is 0 Å². The van der Waals surface area contributed by atoms with Crippen molar-refractivity contribution in [2.75, 3.05) is 24.9 Å². The van der Waals surface area contributed by atoms with E-state index in [4.69, 9.17) is 9.47 Å². The number of benzene rings is 3. The molecule has 0 saturated heterocycles. The third kappa shape index (κ3) is 4.48. The van der Waals surface area contributed by atoms with Crippen LogP contribution in [0.25, 0.3) is 0 Å². The smallest absolute Gasteiger partial charge is 0.255 e. The highest BCUT2D eigenvalue weighted by atomic mass is 16.5. The molecule has 2 amide bonds. The van der Waals surface area contributed by atoms with Gasteiger partial charge in [0.1, 0.15) is 11.5 Å². The van der Waals surface area contributed by atoms with E-state index in [2.05, 4.69) is 10.6 Å². The number of hydrogen-bond donors (Lipinski definition) is 2. The minimum absolute atomic E-state index is 0.209. The molecule has 2 N–H and O–H groups in total. The highest BCUT2D eigenvalue weighted by Crippen LogP contribution is 2.29. The molecule has 0 heterocycles. The zero-order valence-electron chi connectivity index (χ0n) is 15.6. The van der Waals surface area contributed by atoms with E-state index in [0.29, 0.717) is 34.0 Å². The Kier molecular flexibility index (Phi) is 5.91. The normalized spacial score (nSPS) is 10.1. The average molecular weight is 376 g/mol. The summed E-state index contributed by atoms with van der Waals surface area (Å²) in [5.74, 6) is 0.627. The maximum atomic E-state index is 12.5. The molecule has 0 saturated carbocycles. The van der Waals surface area contributed by atoms with Crippen molar-refractivity contribution < 1.29 is 19.1 Å². The number of amides is 2. The van der Waals surface area contributed by atoms with Gasteiger partial charge >= 0.3 is 0 Å². The van der Waals surface area contributed by atoms with Crippen LogP contribution in [-0.4, -0.2) is 26.0 Å². The first-order valence-corrected chi connectivity index (χ1v) is 8.60. The maximum absolute atomic E-state index is 12.5. The van der Waals surface area contributed by atoms with Crippen LogP contribution < -0.4 is 20.1 Å². The molecule has 0 aliphatic carbocycles. The van der Waals surface area contributed by atoms with E-state index in [1.807, 2.05) is 6.07 Å². The molecule has 0 bridgehead atoms. The lowest BCUT2D eigenvalue weighted by atomic mass is 10.1. The van der Waals surface area contributed by atoms with Gasteiger partial charge in [-0.2, -0.15) is 0 Å². The number of hydrogen-bond acceptors (Lipinski definition) is 4. The van der Waals surface area contributed by atoms with Crippen molar-refractivity contribution >= 4 is 23.2 Å². The summed E-state index contributed by atoms with van der Waals surface area (Å²) in [5.41, 5.74) is 2.12. The number of methoxy groups -OCH3 is 2. The summed E-state index contributed by atoms with van der Waals surface area (Å²) < 4.78 is 10.5. The molecule has 142 valence electrons. The Bertz CT molecular complexity index is 970. The van der Waals surface area contributed by atoms with E-state index >= 15 is 0 Å². The first-order valence-electron chi connectivity index (χ1n) is 8.60. The second-order valence-corrected chi connectivity index (χ2v) is 5.92. The summed E-state index contributed by atoms with van der Waals surface area (Å²) in [4.78, 5) is 24.7. The summed E-state index contributed by atoms with van der Waals surface area (Å²) in [6.45, 7) is 0. The third-order valence-electron chi connectivity index (χ3n) is 4.10. The summed E-state index contributed by atoms with van der Waals surface area (Å²) in [6.07, 6.45) is 0. The van der Waals surface area contributed by atoms with Gasteiger partial charge in [0.25, 0.3) is 11.8 Å². The van der Waals surface area contributed by atoms with Crippen LogP contribution in [-0.2, 0) is 0 Å². The van der Waals surface area contributed by atoms with Gasteiger partial charge in [-0.15, -0.1) is 0 Å². The van der Waals surface area contributed by atoms with Gasteiger partial charge in [-0.3, -0.25) is 9.59 Å². The Morgan fingerprint density at radius 3 is 2.00 bits per heavy atom. The zero-order valence-corrected chi connectivity index (χ0v) is 15.6. The Labute approximate surface area is 163 Å². The van der Waals surface area contributed by atoms with Crippen LogP contribution in [0.1, 0.15) is 20.7 Å². The number of carbonyl (C=O) groups is 2. The molecule has 0 unspecified atom stereocenters. The molecular weight excluding hydrogens is 356 g/mol. The second-order valence-electron chi connectivity index (χ2n) is 5.92. The lowest BCUT2D eigenvalue weighted by Gasteiger charge is -2.12. The minimum Gasteiger partial charge on any atom is -0.497 e. The monoisotopic (exact) mass is 376 g/mol. The van der Waals surface area contributed by atoms with E-state index in [0.717, 1.165) is 0 Å². The largest absolute Gasteiger partial charge is 0.497 e. The topological polar surface area (TPSA) is 76.7 Å². The van der Waals surface area contributed by atoms with Crippen molar-refractivity contribution in [2.24, 2.45) is 0 Å². The molecule has 28 heavy (non-hydrogen) atoms. The predicted molar refractivity (Wildman–Crippen MR) is 108 cm³/mol. The van der Waals surface area contributed by atoms with Gasteiger partial charge in [-0.05, 0) is 48.5 Å². The molecule has 6 nitrogen and oxygen atoms in total. The molecule has 0 aliphatic heterocycles. The Balaban J connectivity index is 1.70. The predicted octanol–water partition coefficient (Wildman–Crippen LogP) is 4.21. The van der Waals surface area contributed by atoms with Gasteiger partial charge < -0.3 is 20.1 Å². The van der Waals surface area contributed by atoms with Crippen LogP contribution in [0.4, 0.5) is 11.4 Å². The van der Waals surface area contributed by atoms with Crippen molar-refractivity contribution in [3.8, 4) is 11.5 Å². The van der Waals surface area contributed by atoms with Crippen LogP contribution >= 0.6 is 0 Å². The highest BCUT2D eigenvalue weighted by Gasteiger charge is 2.12. The molecule has 0 spiro atoms. The number of anilines is 2. The standard InChI is InChI=1S/C22H20N2O4/c1-27-18-12-13-20(28-2)19(14-18)24-22(26)16-8-10-17(11-9-16)23-21(25)15-6-4-3-5-7-15/h3-14H,1-2H3,(H,23,25)(H,24,26). The van der Waals surface area contributed by atoms with Gasteiger partial charge in [0, 0.05) is 22.9 Å². The molecule has 3 aromatic carbocycles. The molecule has 0 aliphatic rings. The van der Waals surface area contributed by atoms with E-state index < -0.39 is 0 Å². The van der Waals surface area contributed by atoms with Crippen LogP contribution in [0.15, 0.2) is 72.8 Å². The van der Waals surface area contributed by atoms with E-state index in [-0.39, 0.29) is 11.8 Å². The molecule has 3 rings (SSSR count). The van der Waals surface area contributed by atoms with Crippen molar-refractivity contribution in [3.63, 3.8) is 0 Å². The first kappa shape index (κ1) is 19.0. The number of rotatable bonds is 6. The van der Waals surface area contributed by atoms with Crippen LogP contribution in [0, 0.1) is 0 Å². The van der Waals surface area contributed by atoms with Gasteiger partial charge in [-0.25, -0.2) is 0 Å². The fourth-order valence-corrected chi connectivity index (χ4v) is 2.60. The molecular formula is C22H20N2O4. The fraction of sp³-hybridized carbons (Fsp3) is 0.0909. The second kappa shape index (κ2) is 8.73. The van der Waals surface area contributed by atoms with Gasteiger partial charge in [0.05, 0.1) is 19.9 Å². The summed E-state index contributed by atoms with van der Waals surface area (Å²) >= 11 is 0. The molecule has 0 atom stereocenters. The van der Waals surface area contributed by atoms with Crippen LogP contribution in [0.3, 0.4) is 0 Å². The lowest BCUT2D eigenvalue weighted by molar-refractivity contribution is 0.101. The zero-order chi connectivity index (χ0) is 19.9. The van der Waals surface area contributed by atoms with E-state index in [9.17, 15) is 9.59 Å². The number of nitrogens with one attached hydrogen (secondary N) is 2. The summed E-state index contributed by atoms with van der Waals surface area (Å²) in [5, 5.41) is 5.61. The molecule has 6 heteroatoms. The van der Waals surface area contributed by atoms with Crippen molar-refractivity contribution in [3.05, 3.63) is 83.9 Å². The number of carbonyl (C=O) groups excluding carboxylic acids is 2. The lowest BCUT2D eigenvalue weighted by Crippen LogP contribution is -2.14. The molecule has 0 aromatic heterocycles. The molecule has 0 radical (unpaired) electrons. The van der Waals surface area contributed by atoms with Gasteiger partial charge in [0.15, 0.2) is 0 Å². The summed E-state index contributed by atoms with van der Waals surface area (Å²) in [7, 11) is 3.08. The van der Waals surface area contributed by atoms with Gasteiger partial charge in [0.2, 0.25) is 0 Å². The van der Waals surface area contributed by atoms with E-state index in [1.165, 1.54) is 7.11 Å². The molecule has 3 aromatic rings. The van der Waals surface area contributed by atoms with Gasteiger partial charge in [-0.1, -0.05) is 18.2 Å². The minimum atomic E-state index is -0.299. The summed E-state index contributed by atoms with van der Waals surface area (Å²) in [6, 6.07) is 20.7. The maximum Gasteiger partial charge on any atom is 0.255 e. The Morgan fingerprint density at radius 1 is 0.714 bits per heavy atom. The van der Waals surface area contributed by atoms with Crippen LogP contribution in [0.5, 0.6) is 11.5 Å². The highest BCUT2D eigenvalue weighted by molar-refractivity contribution is 6.06. The quantitative estimate of drug-likeness (QED) is 0.676.